The van der Waals surface area contributed by atoms with E-state index in [1.807, 2.05) is 0 Å². The fourth-order valence-electron chi connectivity index (χ4n) is 2.12. The second-order valence-corrected chi connectivity index (χ2v) is 6.57. The molecule has 0 aromatic heterocycles. The van der Waals surface area contributed by atoms with Gasteiger partial charge in [0.15, 0.2) is 0 Å². The van der Waals surface area contributed by atoms with Gasteiger partial charge in [-0.15, -0.1) is 0 Å². The predicted molar refractivity (Wildman–Crippen MR) is 71.1 cm³/mol. The van der Waals surface area contributed by atoms with Crippen LogP contribution in [-0.4, -0.2) is 50.5 Å². The Bertz CT molecular complexity index is 524. The van der Waals surface area contributed by atoms with E-state index in [2.05, 4.69) is 10.0 Å². The van der Waals surface area contributed by atoms with Crippen LogP contribution in [-0.2, 0) is 19.6 Å². The molecule has 0 atom stereocenters. The molecule has 0 bridgehead atoms. The molecule has 0 aromatic carbocycles. The van der Waals surface area contributed by atoms with Crippen LogP contribution in [0.3, 0.4) is 0 Å². The summed E-state index contributed by atoms with van der Waals surface area (Å²) in [6.07, 6.45) is 0.494. The lowest BCUT2D eigenvalue weighted by Gasteiger charge is -2.38. The number of hydrogen-bond acceptors (Lipinski definition) is 5. The Morgan fingerprint density at radius 1 is 1.20 bits per heavy atom. The molecule has 1 heterocycles. The Balaban J connectivity index is 2.99. The molecule has 4 amide bonds. The van der Waals surface area contributed by atoms with Gasteiger partial charge in [-0.2, -0.15) is 0 Å². The molecule has 0 unspecified atom stereocenters. The fraction of sp³-hybridized carbons (Fsp3) is 0.727. The van der Waals surface area contributed by atoms with Crippen LogP contribution in [0.15, 0.2) is 0 Å². The lowest BCUT2D eigenvalue weighted by molar-refractivity contribution is -0.151. The molecule has 0 radical (unpaired) electrons. The maximum absolute atomic E-state index is 12.4. The lowest BCUT2D eigenvalue weighted by atomic mass is 9.78. The Kier molecular flexibility index (Phi) is 4.87. The first-order chi connectivity index (χ1) is 9.24. The van der Waals surface area contributed by atoms with Crippen molar-refractivity contribution in [2.45, 2.75) is 26.7 Å². The molecule has 0 spiro atoms. The topological polar surface area (TPSA) is 113 Å². The van der Waals surface area contributed by atoms with Gasteiger partial charge in [0.25, 0.3) is 0 Å². The molecule has 0 aromatic rings. The highest BCUT2D eigenvalue weighted by molar-refractivity contribution is 7.89. The van der Waals surface area contributed by atoms with Crippen LogP contribution in [0, 0.1) is 5.41 Å². The minimum absolute atomic E-state index is 0.247. The maximum Gasteiger partial charge on any atom is 0.330 e. The van der Waals surface area contributed by atoms with Gasteiger partial charge in [0.2, 0.25) is 21.8 Å². The van der Waals surface area contributed by atoms with Gasteiger partial charge in [0.1, 0.15) is 5.41 Å². The number of hydrogen-bond donors (Lipinski definition) is 2. The number of sulfonamides is 1. The second kappa shape index (κ2) is 5.88. The van der Waals surface area contributed by atoms with E-state index in [9.17, 15) is 22.8 Å². The van der Waals surface area contributed by atoms with E-state index >= 15 is 0 Å². The second-order valence-electron chi connectivity index (χ2n) is 4.53. The SMILES string of the molecule is CCC1(CC)C(=O)NC(=O)N(CCS(=O)(=O)NC)C1=O. The summed E-state index contributed by atoms with van der Waals surface area (Å²) < 4.78 is 24.8. The van der Waals surface area contributed by atoms with E-state index in [-0.39, 0.29) is 19.4 Å². The first kappa shape index (κ1) is 16.6. The predicted octanol–water partition coefficient (Wildman–Crippen LogP) is -0.580. The Labute approximate surface area is 117 Å². The number of barbiturate groups is 1. The minimum Gasteiger partial charge on any atom is -0.277 e. The average molecular weight is 305 g/mol. The van der Waals surface area contributed by atoms with Crippen LogP contribution < -0.4 is 10.0 Å². The van der Waals surface area contributed by atoms with Gasteiger partial charge in [-0.1, -0.05) is 13.8 Å². The van der Waals surface area contributed by atoms with E-state index in [0.717, 1.165) is 4.90 Å². The first-order valence-electron chi connectivity index (χ1n) is 6.32. The van der Waals surface area contributed by atoms with Crippen LogP contribution in [0.1, 0.15) is 26.7 Å². The smallest absolute Gasteiger partial charge is 0.277 e. The van der Waals surface area contributed by atoms with Crippen molar-refractivity contribution in [1.29, 1.82) is 0 Å². The number of amides is 4. The summed E-state index contributed by atoms with van der Waals surface area (Å²) >= 11 is 0. The van der Waals surface area contributed by atoms with Gasteiger partial charge < -0.3 is 0 Å². The van der Waals surface area contributed by atoms with E-state index in [0.29, 0.717) is 0 Å². The summed E-state index contributed by atoms with van der Waals surface area (Å²) in [7, 11) is -2.29. The number of nitrogens with one attached hydrogen (secondary N) is 2. The summed E-state index contributed by atoms with van der Waals surface area (Å²) in [5.41, 5.74) is -1.29. The molecule has 0 saturated carbocycles. The molecule has 1 saturated heterocycles. The Hall–Kier alpha value is -1.48. The molecule has 1 rings (SSSR count). The lowest BCUT2D eigenvalue weighted by Crippen LogP contribution is -2.64. The van der Waals surface area contributed by atoms with Crippen molar-refractivity contribution < 1.29 is 22.8 Å². The molecule has 8 nitrogen and oxygen atoms in total. The summed E-state index contributed by atoms with van der Waals surface area (Å²) in [5, 5.41) is 2.12. The van der Waals surface area contributed by atoms with Gasteiger partial charge in [-0.25, -0.2) is 17.9 Å². The van der Waals surface area contributed by atoms with Crippen LogP contribution in [0.25, 0.3) is 0 Å². The third-order valence-corrected chi connectivity index (χ3v) is 5.00. The van der Waals surface area contributed by atoms with Gasteiger partial charge in [0.05, 0.1) is 5.75 Å². The maximum atomic E-state index is 12.4. The largest absolute Gasteiger partial charge is 0.330 e. The standard InChI is InChI=1S/C11H19N3O5S/c1-4-11(5-2)8(15)13-10(17)14(9(11)16)6-7-20(18,19)12-3/h12H,4-7H2,1-3H3,(H,13,15,17). The molecule has 1 fully saturated rings. The number of carbonyl (C=O) groups is 3. The monoisotopic (exact) mass is 305 g/mol. The van der Waals surface area contributed by atoms with Crippen molar-refractivity contribution in [3.8, 4) is 0 Å². The summed E-state index contributed by atoms with van der Waals surface area (Å²) in [6.45, 7) is 3.07. The van der Waals surface area contributed by atoms with Gasteiger partial charge in [-0.05, 0) is 19.9 Å². The molecule has 1 aliphatic heterocycles. The molecule has 20 heavy (non-hydrogen) atoms. The van der Waals surface area contributed by atoms with Crippen LogP contribution in [0.5, 0.6) is 0 Å². The summed E-state index contributed by atoms with van der Waals surface area (Å²) in [4.78, 5) is 36.7. The molecule has 2 N–H and O–H groups in total. The Morgan fingerprint density at radius 3 is 2.20 bits per heavy atom. The van der Waals surface area contributed by atoms with Crippen LogP contribution in [0.4, 0.5) is 4.79 Å². The number of nitrogens with zero attached hydrogens (tertiary/aromatic N) is 1. The van der Waals surface area contributed by atoms with Crippen molar-refractivity contribution in [3.05, 3.63) is 0 Å². The summed E-state index contributed by atoms with van der Waals surface area (Å²) in [6, 6.07) is -0.871. The molecular weight excluding hydrogens is 286 g/mol. The van der Waals surface area contributed by atoms with Gasteiger partial charge >= 0.3 is 6.03 Å². The normalized spacial score (nSPS) is 19.1. The van der Waals surface area contributed by atoms with Crippen molar-refractivity contribution in [3.63, 3.8) is 0 Å². The number of imide groups is 2. The third-order valence-electron chi connectivity index (χ3n) is 3.66. The van der Waals surface area contributed by atoms with Crippen molar-refractivity contribution in [2.75, 3.05) is 19.3 Å². The molecule has 9 heteroatoms. The zero-order chi connectivity index (χ0) is 15.6. The first-order valence-corrected chi connectivity index (χ1v) is 7.98. The quantitative estimate of drug-likeness (QED) is 0.638. The van der Waals surface area contributed by atoms with Crippen molar-refractivity contribution in [2.24, 2.45) is 5.41 Å². The third kappa shape index (κ3) is 2.83. The minimum atomic E-state index is -3.54. The van der Waals surface area contributed by atoms with Crippen LogP contribution >= 0.6 is 0 Å². The van der Waals surface area contributed by atoms with E-state index in [4.69, 9.17) is 0 Å². The van der Waals surface area contributed by atoms with Crippen molar-refractivity contribution >= 4 is 27.9 Å². The van der Waals surface area contributed by atoms with Gasteiger partial charge in [0, 0.05) is 6.54 Å². The molecule has 0 aliphatic carbocycles. The van der Waals surface area contributed by atoms with Crippen LogP contribution in [0.2, 0.25) is 0 Å². The molecule has 114 valence electrons. The van der Waals surface area contributed by atoms with E-state index < -0.39 is 39.0 Å². The van der Waals surface area contributed by atoms with E-state index in [1.54, 1.807) is 13.8 Å². The summed E-state index contributed by atoms with van der Waals surface area (Å²) in [5.74, 6) is -1.66. The highest BCUT2D eigenvalue weighted by atomic mass is 32.2. The highest BCUT2D eigenvalue weighted by Gasteiger charge is 2.51. The Morgan fingerprint density at radius 2 is 1.75 bits per heavy atom. The zero-order valence-corrected chi connectivity index (χ0v) is 12.5. The fourth-order valence-corrected chi connectivity index (χ4v) is 2.75. The van der Waals surface area contributed by atoms with Gasteiger partial charge in [-0.3, -0.25) is 19.8 Å². The number of urea groups is 1. The molecular formula is C11H19N3O5S. The highest BCUT2D eigenvalue weighted by Crippen LogP contribution is 2.32. The number of carbonyl (C=O) groups excluding carboxylic acids is 3. The number of rotatable bonds is 6. The average Bonchev–Trinajstić information content (AvgIpc) is 2.39. The zero-order valence-electron chi connectivity index (χ0n) is 11.7. The van der Waals surface area contributed by atoms with E-state index in [1.165, 1.54) is 7.05 Å². The molecule has 1 aliphatic rings. The van der Waals surface area contributed by atoms with Crippen molar-refractivity contribution in [1.82, 2.24) is 14.9 Å².